The minimum Gasteiger partial charge on any atom is -0.356 e. The molecule has 1 aromatic rings. The van der Waals surface area contributed by atoms with Crippen LogP contribution in [-0.4, -0.2) is 28.8 Å². The first-order valence-electron chi connectivity index (χ1n) is 7.61. The maximum absolute atomic E-state index is 11.6. The third-order valence-electron chi connectivity index (χ3n) is 3.33. The van der Waals surface area contributed by atoms with E-state index < -0.39 is 0 Å². The van der Waals surface area contributed by atoms with Crippen LogP contribution in [0.15, 0.2) is 6.07 Å². The number of carbonyl (C=O) groups is 1. The normalized spacial score (nSPS) is 10.8. The van der Waals surface area contributed by atoms with Gasteiger partial charge in [-0.1, -0.05) is 12.8 Å². The Morgan fingerprint density at radius 1 is 1.25 bits per heavy atom. The van der Waals surface area contributed by atoms with Crippen LogP contribution in [0.3, 0.4) is 0 Å². The Bertz CT molecular complexity index is 401. The van der Waals surface area contributed by atoms with Crippen LogP contribution in [0.4, 0.5) is 0 Å². The Morgan fingerprint density at radius 2 is 2.00 bits per heavy atom. The molecule has 5 nitrogen and oxygen atoms in total. The van der Waals surface area contributed by atoms with E-state index in [1.807, 2.05) is 11.6 Å². The zero-order chi connectivity index (χ0) is 14.8. The molecule has 20 heavy (non-hydrogen) atoms. The number of hydrogen-bond donors (Lipinski definition) is 2. The van der Waals surface area contributed by atoms with E-state index in [0.29, 0.717) is 6.42 Å². The topological polar surface area (TPSA) is 72.9 Å². The van der Waals surface area contributed by atoms with Gasteiger partial charge in [-0.25, -0.2) is 0 Å². The molecular formula is C15H28N4O. The predicted octanol–water partition coefficient (Wildman–Crippen LogP) is 1.92. The highest BCUT2D eigenvalue weighted by molar-refractivity contribution is 5.75. The number of aromatic nitrogens is 2. The van der Waals surface area contributed by atoms with Crippen molar-refractivity contribution in [2.24, 2.45) is 5.73 Å². The third-order valence-corrected chi connectivity index (χ3v) is 3.33. The lowest BCUT2D eigenvalue weighted by Crippen LogP contribution is -2.25. The molecule has 114 valence electrons. The lowest BCUT2D eigenvalue weighted by molar-refractivity contribution is -0.121. The molecule has 0 aliphatic heterocycles. The van der Waals surface area contributed by atoms with Gasteiger partial charge in [-0.05, 0) is 45.7 Å². The van der Waals surface area contributed by atoms with Gasteiger partial charge in [0.15, 0.2) is 0 Å². The summed E-state index contributed by atoms with van der Waals surface area (Å²) in [6.45, 7) is 6.38. The van der Waals surface area contributed by atoms with Gasteiger partial charge in [0, 0.05) is 25.2 Å². The van der Waals surface area contributed by atoms with E-state index in [-0.39, 0.29) is 5.91 Å². The zero-order valence-corrected chi connectivity index (χ0v) is 12.8. The van der Waals surface area contributed by atoms with Crippen molar-refractivity contribution in [1.29, 1.82) is 0 Å². The van der Waals surface area contributed by atoms with Crippen molar-refractivity contribution in [2.45, 2.75) is 58.9 Å². The number of aryl methyl sites for hydroxylation is 3. The summed E-state index contributed by atoms with van der Waals surface area (Å²) in [6.07, 6.45) is 5.79. The van der Waals surface area contributed by atoms with Crippen LogP contribution in [0, 0.1) is 13.8 Å². The Hall–Kier alpha value is -1.36. The lowest BCUT2D eigenvalue weighted by atomic mass is 10.1. The van der Waals surface area contributed by atoms with E-state index >= 15 is 0 Å². The number of nitrogens with one attached hydrogen (secondary N) is 1. The van der Waals surface area contributed by atoms with Crippen LogP contribution in [-0.2, 0) is 11.3 Å². The first kappa shape index (κ1) is 16.7. The number of nitrogens with zero attached hydrogens (tertiary/aromatic N) is 2. The van der Waals surface area contributed by atoms with Crippen molar-refractivity contribution in [1.82, 2.24) is 15.1 Å². The average Bonchev–Trinajstić information content (AvgIpc) is 2.73. The molecule has 0 spiro atoms. The quantitative estimate of drug-likeness (QED) is 0.643. The lowest BCUT2D eigenvalue weighted by Gasteiger charge is -2.06. The van der Waals surface area contributed by atoms with E-state index in [9.17, 15) is 4.79 Å². The van der Waals surface area contributed by atoms with Gasteiger partial charge in [0.05, 0.1) is 5.69 Å². The van der Waals surface area contributed by atoms with E-state index in [1.54, 1.807) is 0 Å². The number of rotatable bonds is 10. The zero-order valence-electron chi connectivity index (χ0n) is 12.8. The molecule has 0 fully saturated rings. The summed E-state index contributed by atoms with van der Waals surface area (Å²) in [5.74, 6) is 0.158. The molecule has 5 heteroatoms. The highest BCUT2D eigenvalue weighted by Crippen LogP contribution is 2.03. The monoisotopic (exact) mass is 280 g/mol. The van der Waals surface area contributed by atoms with E-state index in [2.05, 4.69) is 23.4 Å². The minimum absolute atomic E-state index is 0.158. The van der Waals surface area contributed by atoms with Crippen LogP contribution in [0.2, 0.25) is 0 Å². The van der Waals surface area contributed by atoms with Gasteiger partial charge in [0.25, 0.3) is 0 Å². The van der Waals surface area contributed by atoms with Crippen LogP contribution in [0.25, 0.3) is 0 Å². The maximum atomic E-state index is 11.6. The second-order valence-electron chi connectivity index (χ2n) is 5.31. The fourth-order valence-corrected chi connectivity index (χ4v) is 2.23. The summed E-state index contributed by atoms with van der Waals surface area (Å²) in [7, 11) is 0. The molecule has 0 saturated carbocycles. The molecule has 0 unspecified atom stereocenters. The molecule has 0 radical (unpaired) electrons. The maximum Gasteiger partial charge on any atom is 0.219 e. The number of carbonyl (C=O) groups excluding carboxylic acids is 1. The highest BCUT2D eigenvalue weighted by atomic mass is 16.1. The van der Waals surface area contributed by atoms with Crippen LogP contribution >= 0.6 is 0 Å². The van der Waals surface area contributed by atoms with Crippen LogP contribution in [0.1, 0.15) is 49.9 Å². The average molecular weight is 280 g/mol. The van der Waals surface area contributed by atoms with Gasteiger partial charge in [-0.3, -0.25) is 9.48 Å². The van der Waals surface area contributed by atoms with Crippen molar-refractivity contribution in [2.75, 3.05) is 13.1 Å². The Kier molecular flexibility index (Phi) is 7.95. The molecule has 0 bridgehead atoms. The first-order valence-corrected chi connectivity index (χ1v) is 7.61. The fraction of sp³-hybridized carbons (Fsp3) is 0.733. The van der Waals surface area contributed by atoms with E-state index in [4.69, 9.17) is 5.73 Å². The standard InChI is InChI=1S/C15H28N4O/c1-13-12-14(2)19(18-13)11-7-10-17-15(20)8-5-3-4-6-9-16/h12H,3-11,16H2,1-2H3,(H,17,20). The largest absolute Gasteiger partial charge is 0.356 e. The number of unbranched alkanes of at least 4 members (excludes halogenated alkanes) is 3. The van der Waals surface area contributed by atoms with Crippen LogP contribution < -0.4 is 11.1 Å². The van der Waals surface area contributed by atoms with Gasteiger partial charge in [0.1, 0.15) is 0 Å². The molecule has 3 N–H and O–H groups in total. The molecule has 0 aliphatic rings. The van der Waals surface area contributed by atoms with E-state index in [1.165, 1.54) is 5.69 Å². The molecule has 1 heterocycles. The summed E-state index contributed by atoms with van der Waals surface area (Å²) in [4.78, 5) is 11.6. The van der Waals surface area contributed by atoms with Crippen molar-refractivity contribution < 1.29 is 4.79 Å². The van der Waals surface area contributed by atoms with Gasteiger partial charge >= 0.3 is 0 Å². The smallest absolute Gasteiger partial charge is 0.219 e. The molecule has 1 rings (SSSR count). The van der Waals surface area contributed by atoms with Gasteiger partial charge in [-0.2, -0.15) is 5.10 Å². The number of hydrogen-bond acceptors (Lipinski definition) is 3. The number of amides is 1. The summed E-state index contributed by atoms with van der Waals surface area (Å²) in [5, 5.41) is 7.36. The Morgan fingerprint density at radius 3 is 2.65 bits per heavy atom. The van der Waals surface area contributed by atoms with Gasteiger partial charge in [0.2, 0.25) is 5.91 Å². The molecule has 0 atom stereocenters. The molecule has 0 aliphatic carbocycles. The second kappa shape index (κ2) is 9.53. The highest BCUT2D eigenvalue weighted by Gasteiger charge is 2.02. The summed E-state index contributed by atoms with van der Waals surface area (Å²) in [5.41, 5.74) is 7.65. The Balaban J connectivity index is 2.03. The van der Waals surface area contributed by atoms with E-state index in [0.717, 1.165) is 57.4 Å². The summed E-state index contributed by atoms with van der Waals surface area (Å²) < 4.78 is 1.99. The molecular weight excluding hydrogens is 252 g/mol. The fourth-order valence-electron chi connectivity index (χ4n) is 2.23. The molecule has 0 saturated heterocycles. The number of nitrogens with two attached hydrogens (primary N) is 1. The summed E-state index contributed by atoms with van der Waals surface area (Å²) in [6, 6.07) is 2.07. The molecule has 1 aromatic heterocycles. The van der Waals surface area contributed by atoms with Crippen molar-refractivity contribution in [3.63, 3.8) is 0 Å². The first-order chi connectivity index (χ1) is 9.63. The second-order valence-corrected chi connectivity index (χ2v) is 5.31. The summed E-state index contributed by atoms with van der Waals surface area (Å²) >= 11 is 0. The van der Waals surface area contributed by atoms with Crippen molar-refractivity contribution >= 4 is 5.91 Å². The van der Waals surface area contributed by atoms with Crippen molar-refractivity contribution in [3.8, 4) is 0 Å². The predicted molar refractivity (Wildman–Crippen MR) is 81.5 cm³/mol. The SMILES string of the molecule is Cc1cc(C)n(CCCNC(=O)CCCCCCN)n1. The Labute approximate surface area is 121 Å². The third kappa shape index (κ3) is 6.70. The molecule has 0 aromatic carbocycles. The van der Waals surface area contributed by atoms with Crippen molar-refractivity contribution in [3.05, 3.63) is 17.5 Å². The minimum atomic E-state index is 0.158. The molecule has 1 amide bonds. The van der Waals surface area contributed by atoms with Gasteiger partial charge in [-0.15, -0.1) is 0 Å². The van der Waals surface area contributed by atoms with Crippen LogP contribution in [0.5, 0.6) is 0 Å². The van der Waals surface area contributed by atoms with Gasteiger partial charge < -0.3 is 11.1 Å².